The van der Waals surface area contributed by atoms with Gasteiger partial charge in [0.2, 0.25) is 5.79 Å². The van der Waals surface area contributed by atoms with Crippen LogP contribution in [-0.2, 0) is 19.1 Å². The Labute approximate surface area is 167 Å². The lowest BCUT2D eigenvalue weighted by atomic mass is 9.79. The number of Topliss-reactive ketones (excluding diaryl/α,β-unsaturated/α-hetero) is 1. The van der Waals surface area contributed by atoms with E-state index in [-0.39, 0.29) is 23.9 Å². The van der Waals surface area contributed by atoms with Crippen LogP contribution in [0.2, 0.25) is 0 Å². The largest absolute Gasteiger partial charge is 0.335 e. The number of fused-ring (bicyclic) bond motifs is 1. The van der Waals surface area contributed by atoms with Gasteiger partial charge in [-0.2, -0.15) is 0 Å². The Bertz CT molecular complexity index is 795. The highest BCUT2D eigenvalue weighted by Gasteiger charge is 2.45. The van der Waals surface area contributed by atoms with Crippen LogP contribution in [0.25, 0.3) is 0 Å². The van der Waals surface area contributed by atoms with Crippen molar-refractivity contribution < 1.29 is 19.1 Å². The van der Waals surface area contributed by atoms with Crippen molar-refractivity contribution in [1.82, 2.24) is 0 Å². The molecule has 0 aromatic rings. The molecule has 3 rings (SSSR count). The Morgan fingerprint density at radius 1 is 1.25 bits per heavy atom. The van der Waals surface area contributed by atoms with E-state index in [0.717, 1.165) is 25.5 Å². The Kier molecular flexibility index (Phi) is 6.31. The van der Waals surface area contributed by atoms with Gasteiger partial charge in [0, 0.05) is 12.3 Å². The van der Waals surface area contributed by atoms with E-state index in [0.29, 0.717) is 17.6 Å². The van der Waals surface area contributed by atoms with Crippen LogP contribution in [0.5, 0.6) is 0 Å². The molecule has 4 atom stereocenters. The van der Waals surface area contributed by atoms with Crippen molar-refractivity contribution in [3.63, 3.8) is 0 Å². The van der Waals surface area contributed by atoms with Gasteiger partial charge in [-0.25, -0.2) is 0 Å². The van der Waals surface area contributed by atoms with Gasteiger partial charge in [-0.3, -0.25) is 9.59 Å². The van der Waals surface area contributed by atoms with Crippen LogP contribution in [0.3, 0.4) is 0 Å². The third-order valence-corrected chi connectivity index (χ3v) is 5.63. The smallest absolute Gasteiger partial charge is 0.210 e. The first kappa shape index (κ1) is 20.7. The molecule has 0 saturated heterocycles. The van der Waals surface area contributed by atoms with Crippen LogP contribution < -0.4 is 0 Å². The Balaban J connectivity index is 1.87. The van der Waals surface area contributed by atoms with E-state index in [2.05, 4.69) is 32.1 Å². The van der Waals surface area contributed by atoms with E-state index in [1.807, 2.05) is 19.1 Å². The fourth-order valence-corrected chi connectivity index (χ4v) is 4.20. The Morgan fingerprint density at radius 3 is 2.75 bits per heavy atom. The van der Waals surface area contributed by atoms with Crippen LogP contribution in [0.1, 0.15) is 53.4 Å². The average molecular weight is 383 g/mol. The third-order valence-electron chi connectivity index (χ3n) is 5.63. The molecule has 1 spiro atoms. The predicted octanol–water partition coefficient (Wildman–Crippen LogP) is 4.78. The standard InChI is InChI=1S/C24H30O4/c1-5-6-7-8-16(2)9-20-10-17(3)13-24(27-20)14-19(15-25)21-12-22(26)18(4)11-23(21)28-24/h5-6,9,11,13-15,20-21,23H,7-8,10,12H2,1-4H3/b6-5+,16-9+. The van der Waals surface area contributed by atoms with Crippen LogP contribution in [-0.4, -0.2) is 30.1 Å². The predicted molar refractivity (Wildman–Crippen MR) is 110 cm³/mol. The second-order valence-corrected chi connectivity index (χ2v) is 8.12. The molecule has 0 aromatic heterocycles. The topological polar surface area (TPSA) is 52.6 Å². The van der Waals surface area contributed by atoms with E-state index in [1.165, 1.54) is 11.1 Å². The molecule has 0 bridgehead atoms. The molecule has 4 nitrogen and oxygen atoms in total. The molecule has 0 radical (unpaired) electrons. The summed E-state index contributed by atoms with van der Waals surface area (Å²) < 4.78 is 12.7. The minimum atomic E-state index is -1.05. The van der Waals surface area contributed by atoms with Crippen LogP contribution >= 0.6 is 0 Å². The Hall–Kier alpha value is -2.04. The number of rotatable bonds is 5. The zero-order valence-corrected chi connectivity index (χ0v) is 17.2. The summed E-state index contributed by atoms with van der Waals surface area (Å²) in [6.45, 7) is 8.02. The van der Waals surface area contributed by atoms with Gasteiger partial charge in [-0.1, -0.05) is 29.4 Å². The summed E-state index contributed by atoms with van der Waals surface area (Å²) in [5, 5.41) is 0. The molecule has 0 saturated carbocycles. The van der Waals surface area contributed by atoms with Crippen molar-refractivity contribution in [2.45, 2.75) is 71.4 Å². The summed E-state index contributed by atoms with van der Waals surface area (Å²) in [5.41, 5.74) is 3.73. The molecule has 28 heavy (non-hydrogen) atoms. The molecular formula is C24H30O4. The summed E-state index contributed by atoms with van der Waals surface area (Å²) in [7, 11) is 0. The number of aldehydes is 1. The van der Waals surface area contributed by atoms with Crippen LogP contribution in [0.15, 0.2) is 58.7 Å². The molecule has 2 heterocycles. The highest BCUT2D eigenvalue weighted by Crippen LogP contribution is 2.42. The number of ether oxygens (including phenoxy) is 2. The first-order chi connectivity index (χ1) is 13.4. The molecule has 1 aliphatic carbocycles. The lowest BCUT2D eigenvalue weighted by Gasteiger charge is -2.44. The molecule has 2 aliphatic heterocycles. The van der Waals surface area contributed by atoms with Gasteiger partial charge in [0.15, 0.2) is 5.78 Å². The maximum atomic E-state index is 12.1. The van der Waals surface area contributed by atoms with Gasteiger partial charge in [-0.15, -0.1) is 0 Å². The lowest BCUT2D eigenvalue weighted by Crippen LogP contribution is -2.48. The fraction of sp³-hybridized carbons (Fsp3) is 0.500. The molecule has 4 heteroatoms. The molecule has 3 aliphatic rings. The van der Waals surface area contributed by atoms with Gasteiger partial charge in [-0.05, 0) is 76.3 Å². The zero-order valence-electron chi connectivity index (χ0n) is 17.2. The van der Waals surface area contributed by atoms with E-state index in [1.54, 1.807) is 13.0 Å². The number of carbonyl (C=O) groups excluding carboxylic acids is 2. The molecule has 0 N–H and O–H groups in total. The number of carbonyl (C=O) groups is 2. The molecule has 4 unspecified atom stereocenters. The summed E-state index contributed by atoms with van der Waals surface area (Å²) >= 11 is 0. The second kappa shape index (κ2) is 8.54. The summed E-state index contributed by atoms with van der Waals surface area (Å²) in [5.74, 6) is -1.21. The highest BCUT2D eigenvalue weighted by atomic mass is 16.7. The summed E-state index contributed by atoms with van der Waals surface area (Å²) in [4.78, 5) is 23.9. The maximum Gasteiger partial charge on any atom is 0.210 e. The number of hydrogen-bond donors (Lipinski definition) is 0. The van der Waals surface area contributed by atoms with E-state index in [9.17, 15) is 9.59 Å². The first-order valence-electron chi connectivity index (χ1n) is 10.1. The van der Waals surface area contributed by atoms with Crippen molar-refractivity contribution in [2.24, 2.45) is 5.92 Å². The van der Waals surface area contributed by atoms with Gasteiger partial charge in [0.1, 0.15) is 6.29 Å². The third kappa shape index (κ3) is 4.50. The highest BCUT2D eigenvalue weighted by molar-refractivity contribution is 5.97. The van der Waals surface area contributed by atoms with Crippen molar-refractivity contribution in [3.05, 3.63) is 58.7 Å². The van der Waals surface area contributed by atoms with Crippen LogP contribution in [0.4, 0.5) is 0 Å². The lowest BCUT2D eigenvalue weighted by molar-refractivity contribution is -0.224. The molecule has 0 fully saturated rings. The number of allylic oxidation sites excluding steroid dienone is 4. The minimum Gasteiger partial charge on any atom is -0.335 e. The molecule has 0 amide bonds. The van der Waals surface area contributed by atoms with Gasteiger partial charge >= 0.3 is 0 Å². The second-order valence-electron chi connectivity index (χ2n) is 8.12. The SMILES string of the molecule is C/C=C/CC/C(C)=C/C1CC(C)=CC2(C=C(C=O)C3CC(=O)C(C)=CC3O2)O1. The van der Waals surface area contributed by atoms with Gasteiger partial charge in [0.25, 0.3) is 0 Å². The van der Waals surface area contributed by atoms with Crippen LogP contribution in [0, 0.1) is 5.92 Å². The van der Waals surface area contributed by atoms with E-state index >= 15 is 0 Å². The molecule has 0 aromatic carbocycles. The maximum absolute atomic E-state index is 12.1. The van der Waals surface area contributed by atoms with Crippen molar-refractivity contribution in [1.29, 1.82) is 0 Å². The molecular weight excluding hydrogens is 352 g/mol. The normalized spacial score (nSPS) is 33.4. The number of hydrogen-bond acceptors (Lipinski definition) is 4. The van der Waals surface area contributed by atoms with Crippen molar-refractivity contribution >= 4 is 12.1 Å². The first-order valence-corrected chi connectivity index (χ1v) is 10.1. The van der Waals surface area contributed by atoms with Gasteiger partial charge < -0.3 is 9.47 Å². The molecule has 150 valence electrons. The quantitative estimate of drug-likeness (QED) is 0.507. The van der Waals surface area contributed by atoms with Crippen molar-refractivity contribution in [2.75, 3.05) is 0 Å². The minimum absolute atomic E-state index is 0.0717. The van der Waals surface area contributed by atoms with Crippen molar-refractivity contribution in [3.8, 4) is 0 Å². The average Bonchev–Trinajstić information content (AvgIpc) is 2.62. The van der Waals surface area contributed by atoms with Gasteiger partial charge in [0.05, 0.1) is 12.2 Å². The zero-order chi connectivity index (χ0) is 20.3. The van der Waals surface area contributed by atoms with E-state index in [4.69, 9.17) is 9.47 Å². The summed E-state index contributed by atoms with van der Waals surface area (Å²) in [6.07, 6.45) is 15.5. The Morgan fingerprint density at radius 2 is 2.04 bits per heavy atom. The number of ketones is 1. The van der Waals surface area contributed by atoms with E-state index < -0.39 is 5.79 Å². The fourth-order valence-electron chi connectivity index (χ4n) is 4.20. The summed E-state index contributed by atoms with van der Waals surface area (Å²) in [6, 6.07) is 0. The monoisotopic (exact) mass is 382 g/mol.